The molecular weight excluding hydrogens is 296 g/mol. The molecule has 2 atom stereocenters. The van der Waals surface area contributed by atoms with Crippen molar-refractivity contribution in [3.05, 3.63) is 0 Å². The van der Waals surface area contributed by atoms with Gasteiger partial charge in [-0.3, -0.25) is 9.69 Å². The van der Waals surface area contributed by atoms with Crippen LogP contribution >= 0.6 is 0 Å². The van der Waals surface area contributed by atoms with Gasteiger partial charge in [0.05, 0.1) is 31.8 Å². The quantitative estimate of drug-likeness (QED) is 0.776. The minimum Gasteiger partial charge on any atom is -0.444 e. The summed E-state index contributed by atoms with van der Waals surface area (Å²) in [5, 5.41) is 0. The highest BCUT2D eigenvalue weighted by molar-refractivity contribution is 5.85. The highest BCUT2D eigenvalue weighted by Gasteiger charge is 2.39. The molecule has 0 aromatic rings. The fourth-order valence-electron chi connectivity index (χ4n) is 2.82. The summed E-state index contributed by atoms with van der Waals surface area (Å²) in [6.45, 7) is 14.3. The molecule has 2 rings (SSSR count). The molecule has 23 heavy (non-hydrogen) atoms. The Hall–Kier alpha value is -1.14. The Balaban J connectivity index is 1.91. The molecular formula is C17H30N2O4. The Bertz CT molecular complexity index is 450. The lowest BCUT2D eigenvalue weighted by molar-refractivity contribution is -0.145. The number of carbonyl (C=O) groups is 2. The van der Waals surface area contributed by atoms with E-state index in [1.807, 2.05) is 41.5 Å². The molecule has 2 saturated heterocycles. The van der Waals surface area contributed by atoms with E-state index in [9.17, 15) is 9.59 Å². The van der Waals surface area contributed by atoms with Crippen molar-refractivity contribution in [2.24, 2.45) is 5.41 Å². The SMILES string of the molecule is CC(C)(C)OC(=O)N1CC2CN(CC(=O)C(C)(C)C)CC(C1)O2. The van der Waals surface area contributed by atoms with Crippen molar-refractivity contribution in [2.45, 2.75) is 59.4 Å². The predicted octanol–water partition coefficient (Wildman–Crippen LogP) is 1.92. The first-order chi connectivity index (χ1) is 10.4. The molecule has 1 amide bonds. The molecule has 0 saturated carbocycles. The van der Waals surface area contributed by atoms with Crippen LogP contribution in [0, 0.1) is 5.41 Å². The third-order valence-electron chi connectivity index (χ3n) is 4.01. The highest BCUT2D eigenvalue weighted by atomic mass is 16.6. The van der Waals surface area contributed by atoms with Crippen LogP contribution in [0.3, 0.4) is 0 Å². The summed E-state index contributed by atoms with van der Waals surface area (Å²) < 4.78 is 11.4. The molecule has 2 aliphatic heterocycles. The van der Waals surface area contributed by atoms with Gasteiger partial charge in [0.2, 0.25) is 0 Å². The zero-order valence-corrected chi connectivity index (χ0v) is 15.2. The lowest BCUT2D eigenvalue weighted by Crippen LogP contribution is -2.61. The first-order valence-corrected chi connectivity index (χ1v) is 8.33. The van der Waals surface area contributed by atoms with Crippen LogP contribution in [0.5, 0.6) is 0 Å². The molecule has 0 aromatic heterocycles. The second-order valence-corrected chi connectivity index (χ2v) is 8.63. The van der Waals surface area contributed by atoms with Gasteiger partial charge in [0.1, 0.15) is 5.60 Å². The number of amides is 1. The number of ketones is 1. The molecule has 2 heterocycles. The molecule has 2 unspecified atom stereocenters. The average molecular weight is 326 g/mol. The lowest BCUT2D eigenvalue weighted by atomic mass is 9.90. The van der Waals surface area contributed by atoms with Crippen LogP contribution < -0.4 is 0 Å². The fourth-order valence-corrected chi connectivity index (χ4v) is 2.82. The minimum absolute atomic E-state index is 0.0530. The lowest BCUT2D eigenvalue weighted by Gasteiger charge is -2.45. The van der Waals surface area contributed by atoms with Gasteiger partial charge in [0.25, 0.3) is 0 Å². The molecule has 0 N–H and O–H groups in total. The number of hydrogen-bond acceptors (Lipinski definition) is 5. The Morgan fingerprint density at radius 1 is 1.00 bits per heavy atom. The molecule has 6 nitrogen and oxygen atoms in total. The van der Waals surface area contributed by atoms with E-state index in [-0.39, 0.29) is 29.5 Å². The van der Waals surface area contributed by atoms with Crippen LogP contribution in [0.2, 0.25) is 0 Å². The van der Waals surface area contributed by atoms with Crippen molar-refractivity contribution in [2.75, 3.05) is 32.7 Å². The second-order valence-electron chi connectivity index (χ2n) is 8.63. The highest BCUT2D eigenvalue weighted by Crippen LogP contribution is 2.23. The third-order valence-corrected chi connectivity index (χ3v) is 4.01. The molecule has 132 valence electrons. The van der Waals surface area contributed by atoms with Crippen molar-refractivity contribution in [1.29, 1.82) is 0 Å². The van der Waals surface area contributed by atoms with Crippen LogP contribution in [0.25, 0.3) is 0 Å². The van der Waals surface area contributed by atoms with E-state index in [2.05, 4.69) is 4.90 Å². The van der Waals surface area contributed by atoms with Gasteiger partial charge < -0.3 is 14.4 Å². The number of morpholine rings is 2. The molecule has 0 aromatic carbocycles. The van der Waals surface area contributed by atoms with Crippen LogP contribution in [0.1, 0.15) is 41.5 Å². The molecule has 0 aliphatic carbocycles. The smallest absolute Gasteiger partial charge is 0.410 e. The van der Waals surface area contributed by atoms with Gasteiger partial charge in [0.15, 0.2) is 5.78 Å². The third kappa shape index (κ3) is 5.18. The summed E-state index contributed by atoms with van der Waals surface area (Å²) in [4.78, 5) is 28.3. The topological polar surface area (TPSA) is 59.1 Å². The summed E-state index contributed by atoms with van der Waals surface area (Å²) in [5.41, 5.74) is -0.814. The van der Waals surface area contributed by atoms with Crippen LogP contribution in [0.15, 0.2) is 0 Å². The van der Waals surface area contributed by atoms with Crippen LogP contribution in [0.4, 0.5) is 4.79 Å². The summed E-state index contributed by atoms with van der Waals surface area (Å²) >= 11 is 0. The molecule has 2 bridgehead atoms. The first kappa shape index (κ1) is 18.2. The predicted molar refractivity (Wildman–Crippen MR) is 87.4 cm³/mol. The zero-order chi connectivity index (χ0) is 17.4. The van der Waals surface area contributed by atoms with Crippen LogP contribution in [-0.4, -0.2) is 72.2 Å². The molecule has 0 radical (unpaired) electrons. The molecule has 6 heteroatoms. The summed E-state index contributed by atoms with van der Waals surface area (Å²) in [6, 6.07) is 0. The van der Waals surface area contributed by atoms with Gasteiger partial charge in [-0.2, -0.15) is 0 Å². The second kappa shape index (κ2) is 6.40. The number of carbonyl (C=O) groups excluding carboxylic acids is 2. The van der Waals surface area contributed by atoms with Gasteiger partial charge in [-0.15, -0.1) is 0 Å². The normalized spacial score (nSPS) is 26.1. The van der Waals surface area contributed by atoms with Crippen molar-refractivity contribution in [3.63, 3.8) is 0 Å². The van der Waals surface area contributed by atoms with Gasteiger partial charge in [-0.1, -0.05) is 20.8 Å². The van der Waals surface area contributed by atoms with E-state index in [4.69, 9.17) is 9.47 Å². The van der Waals surface area contributed by atoms with Gasteiger partial charge in [-0.25, -0.2) is 4.79 Å². The van der Waals surface area contributed by atoms with Crippen molar-refractivity contribution >= 4 is 11.9 Å². The first-order valence-electron chi connectivity index (χ1n) is 8.33. The fraction of sp³-hybridized carbons (Fsp3) is 0.882. The maximum atomic E-state index is 12.2. The van der Waals surface area contributed by atoms with E-state index in [0.717, 1.165) is 0 Å². The summed E-state index contributed by atoms with van der Waals surface area (Å²) in [6.07, 6.45) is -0.388. The van der Waals surface area contributed by atoms with Gasteiger partial charge in [-0.05, 0) is 20.8 Å². The van der Waals surface area contributed by atoms with E-state index in [0.29, 0.717) is 32.7 Å². The summed E-state index contributed by atoms with van der Waals surface area (Å²) in [7, 11) is 0. The number of Topliss-reactive ketones (excluding diaryl/α,β-unsaturated/α-hetero) is 1. The monoisotopic (exact) mass is 326 g/mol. The molecule has 2 fully saturated rings. The Labute approximate surface area is 139 Å². The number of rotatable bonds is 2. The largest absolute Gasteiger partial charge is 0.444 e. The summed E-state index contributed by atoms with van der Waals surface area (Å²) in [5.74, 6) is 0.237. The minimum atomic E-state index is -0.490. The Morgan fingerprint density at radius 3 is 1.96 bits per heavy atom. The van der Waals surface area contributed by atoms with E-state index < -0.39 is 5.60 Å². The number of fused-ring (bicyclic) bond motifs is 2. The van der Waals surface area contributed by atoms with Gasteiger partial charge in [0, 0.05) is 18.5 Å². The standard InChI is InChI=1S/C17H30N2O4/c1-16(2,3)14(20)11-18-7-12-9-19(10-13(8-18)22-12)15(21)23-17(4,5)6/h12-13H,7-11H2,1-6H3. The van der Waals surface area contributed by atoms with E-state index in [1.54, 1.807) is 4.90 Å². The Kier molecular flexibility index (Phi) is 5.06. The van der Waals surface area contributed by atoms with Crippen molar-refractivity contribution in [1.82, 2.24) is 9.80 Å². The molecule has 2 aliphatic rings. The van der Waals surface area contributed by atoms with E-state index in [1.165, 1.54) is 0 Å². The zero-order valence-electron chi connectivity index (χ0n) is 15.2. The number of ether oxygens (including phenoxy) is 2. The van der Waals surface area contributed by atoms with Crippen molar-refractivity contribution < 1.29 is 19.1 Å². The Morgan fingerprint density at radius 2 is 1.52 bits per heavy atom. The molecule has 0 spiro atoms. The van der Waals surface area contributed by atoms with Crippen molar-refractivity contribution in [3.8, 4) is 0 Å². The van der Waals surface area contributed by atoms with E-state index >= 15 is 0 Å². The maximum Gasteiger partial charge on any atom is 0.410 e. The average Bonchev–Trinajstić information content (AvgIpc) is 2.34. The maximum absolute atomic E-state index is 12.2. The number of nitrogens with zero attached hydrogens (tertiary/aromatic N) is 2. The van der Waals surface area contributed by atoms with Crippen LogP contribution in [-0.2, 0) is 14.3 Å². The van der Waals surface area contributed by atoms with Gasteiger partial charge >= 0.3 is 6.09 Å². The number of hydrogen-bond donors (Lipinski definition) is 0.